The Hall–Kier alpha value is -1.58. The number of hydrogen-bond donors (Lipinski definition) is 2. The summed E-state index contributed by atoms with van der Waals surface area (Å²) in [6, 6.07) is 4.47. The predicted octanol–water partition coefficient (Wildman–Crippen LogP) is 1.22. The SMILES string of the molecule is CN=C(NCc1cccn1C)NC1CCc2nc(C)nn2C1.I. The molecule has 0 bridgehead atoms. The molecule has 0 fully saturated rings. The van der Waals surface area contributed by atoms with Crippen LogP contribution in [0.5, 0.6) is 0 Å². The Morgan fingerprint density at radius 1 is 1.48 bits per heavy atom. The highest BCUT2D eigenvalue weighted by atomic mass is 127. The summed E-state index contributed by atoms with van der Waals surface area (Å²) >= 11 is 0. The van der Waals surface area contributed by atoms with Gasteiger partial charge in [0.1, 0.15) is 11.6 Å². The molecule has 0 aliphatic carbocycles. The van der Waals surface area contributed by atoms with Gasteiger partial charge in [-0.25, -0.2) is 9.67 Å². The lowest BCUT2D eigenvalue weighted by molar-refractivity contribution is 0.392. The van der Waals surface area contributed by atoms with Crippen molar-refractivity contribution < 1.29 is 0 Å². The summed E-state index contributed by atoms with van der Waals surface area (Å²) in [5, 5.41) is 11.3. The zero-order valence-electron chi connectivity index (χ0n) is 13.8. The first kappa shape index (κ1) is 17.8. The number of hydrogen-bond acceptors (Lipinski definition) is 3. The fraction of sp³-hybridized carbons (Fsp3) is 0.533. The molecule has 0 saturated heterocycles. The van der Waals surface area contributed by atoms with Crippen LogP contribution in [0.15, 0.2) is 23.3 Å². The number of guanidine groups is 1. The van der Waals surface area contributed by atoms with Crippen molar-refractivity contribution in [1.29, 1.82) is 0 Å². The van der Waals surface area contributed by atoms with Crippen LogP contribution in [-0.2, 0) is 26.6 Å². The third-order valence-electron chi connectivity index (χ3n) is 4.02. The molecule has 0 radical (unpaired) electrons. The van der Waals surface area contributed by atoms with Gasteiger partial charge in [-0.3, -0.25) is 4.99 Å². The van der Waals surface area contributed by atoms with E-state index in [0.29, 0.717) is 6.04 Å². The van der Waals surface area contributed by atoms with E-state index in [1.807, 2.05) is 30.9 Å². The number of nitrogens with one attached hydrogen (secondary N) is 2. The Morgan fingerprint density at radius 2 is 2.30 bits per heavy atom. The molecule has 8 heteroatoms. The van der Waals surface area contributed by atoms with E-state index < -0.39 is 0 Å². The Balaban J connectivity index is 0.00000192. The van der Waals surface area contributed by atoms with Crippen molar-refractivity contribution in [3.8, 4) is 0 Å². The maximum atomic E-state index is 4.44. The summed E-state index contributed by atoms with van der Waals surface area (Å²) in [6.45, 7) is 3.53. The van der Waals surface area contributed by atoms with Gasteiger partial charge in [0.15, 0.2) is 5.96 Å². The third kappa shape index (κ3) is 4.24. The van der Waals surface area contributed by atoms with Gasteiger partial charge in [-0.15, -0.1) is 24.0 Å². The van der Waals surface area contributed by atoms with E-state index in [1.54, 1.807) is 7.05 Å². The molecule has 3 heterocycles. The zero-order valence-corrected chi connectivity index (χ0v) is 16.1. The van der Waals surface area contributed by atoms with Crippen LogP contribution in [0.1, 0.15) is 23.8 Å². The normalized spacial score (nSPS) is 17.3. The molecule has 2 N–H and O–H groups in total. The lowest BCUT2D eigenvalue weighted by atomic mass is 10.1. The summed E-state index contributed by atoms with van der Waals surface area (Å²) < 4.78 is 4.10. The molecule has 0 amide bonds. The molecule has 3 rings (SSSR count). The van der Waals surface area contributed by atoms with Crippen molar-refractivity contribution in [2.24, 2.45) is 12.0 Å². The van der Waals surface area contributed by atoms with E-state index in [4.69, 9.17) is 0 Å². The van der Waals surface area contributed by atoms with E-state index in [-0.39, 0.29) is 24.0 Å². The van der Waals surface area contributed by atoms with E-state index in [2.05, 4.69) is 36.3 Å². The molecule has 23 heavy (non-hydrogen) atoms. The molecule has 1 aliphatic rings. The summed E-state index contributed by atoms with van der Waals surface area (Å²) in [5.41, 5.74) is 1.22. The summed E-state index contributed by atoms with van der Waals surface area (Å²) in [7, 11) is 3.84. The maximum absolute atomic E-state index is 4.44. The highest BCUT2D eigenvalue weighted by molar-refractivity contribution is 14.0. The minimum Gasteiger partial charge on any atom is -0.353 e. The van der Waals surface area contributed by atoms with E-state index in [0.717, 1.165) is 43.5 Å². The van der Waals surface area contributed by atoms with E-state index in [1.165, 1.54) is 5.69 Å². The molecule has 0 saturated carbocycles. The maximum Gasteiger partial charge on any atom is 0.191 e. The van der Waals surface area contributed by atoms with Gasteiger partial charge < -0.3 is 15.2 Å². The molecule has 7 nitrogen and oxygen atoms in total. The molecule has 0 spiro atoms. The van der Waals surface area contributed by atoms with Gasteiger partial charge in [0.25, 0.3) is 0 Å². The topological polar surface area (TPSA) is 72.1 Å². The van der Waals surface area contributed by atoms with Crippen LogP contribution >= 0.6 is 24.0 Å². The molecule has 1 aliphatic heterocycles. The Morgan fingerprint density at radius 3 is 3.00 bits per heavy atom. The number of halogens is 1. The minimum atomic E-state index is 0. The highest BCUT2D eigenvalue weighted by Crippen LogP contribution is 2.12. The van der Waals surface area contributed by atoms with E-state index in [9.17, 15) is 0 Å². The van der Waals surface area contributed by atoms with Crippen LogP contribution in [0.2, 0.25) is 0 Å². The summed E-state index contributed by atoms with van der Waals surface area (Å²) in [5.74, 6) is 2.76. The van der Waals surface area contributed by atoms with Gasteiger partial charge in [-0.05, 0) is 25.5 Å². The zero-order chi connectivity index (χ0) is 15.5. The van der Waals surface area contributed by atoms with Gasteiger partial charge >= 0.3 is 0 Å². The average Bonchev–Trinajstić information content (AvgIpc) is 3.07. The van der Waals surface area contributed by atoms with Crippen LogP contribution in [0.25, 0.3) is 0 Å². The smallest absolute Gasteiger partial charge is 0.191 e. The van der Waals surface area contributed by atoms with Gasteiger partial charge in [0.05, 0.1) is 13.1 Å². The van der Waals surface area contributed by atoms with Gasteiger partial charge in [-0.2, -0.15) is 5.10 Å². The fourth-order valence-corrected chi connectivity index (χ4v) is 2.79. The molecule has 2 aromatic rings. The number of aromatic nitrogens is 4. The van der Waals surface area contributed by atoms with E-state index >= 15 is 0 Å². The summed E-state index contributed by atoms with van der Waals surface area (Å²) in [4.78, 5) is 8.75. The third-order valence-corrected chi connectivity index (χ3v) is 4.02. The largest absolute Gasteiger partial charge is 0.353 e. The average molecular weight is 429 g/mol. The lowest BCUT2D eigenvalue weighted by Crippen LogP contribution is -2.46. The number of fused-ring (bicyclic) bond motifs is 1. The first-order valence-corrected chi connectivity index (χ1v) is 7.63. The first-order chi connectivity index (χ1) is 10.7. The number of aryl methyl sites for hydroxylation is 3. The minimum absolute atomic E-state index is 0. The van der Waals surface area contributed by atoms with Crippen LogP contribution in [0.4, 0.5) is 0 Å². The number of nitrogens with zero attached hydrogens (tertiary/aromatic N) is 5. The van der Waals surface area contributed by atoms with Crippen molar-refractivity contribution in [2.45, 2.75) is 38.9 Å². The summed E-state index contributed by atoms with van der Waals surface area (Å²) in [6.07, 6.45) is 4.04. The molecular formula is C15H24IN7. The van der Waals surface area contributed by atoms with Crippen LogP contribution < -0.4 is 10.6 Å². The Labute approximate surface area is 153 Å². The Bertz CT molecular complexity index is 673. The second-order valence-corrected chi connectivity index (χ2v) is 5.67. The molecule has 0 aromatic carbocycles. The second kappa shape index (κ2) is 7.80. The molecule has 1 atom stereocenters. The van der Waals surface area contributed by atoms with Crippen molar-refractivity contribution in [3.05, 3.63) is 35.7 Å². The standard InChI is InChI=1S/C15H23N7.HI/c1-11-18-14-7-6-12(10-22(14)20-11)19-15(16-2)17-9-13-5-4-8-21(13)3;/h4-5,8,12H,6-7,9-10H2,1-3H3,(H2,16,17,19);1H. The number of aliphatic imine (C=N–C) groups is 1. The monoisotopic (exact) mass is 429 g/mol. The number of rotatable bonds is 3. The lowest BCUT2D eigenvalue weighted by Gasteiger charge is -2.25. The van der Waals surface area contributed by atoms with Crippen LogP contribution in [0.3, 0.4) is 0 Å². The van der Waals surface area contributed by atoms with Gasteiger partial charge in [0, 0.05) is 38.4 Å². The molecule has 1 unspecified atom stereocenters. The quantitative estimate of drug-likeness (QED) is 0.438. The fourth-order valence-electron chi connectivity index (χ4n) is 2.79. The van der Waals surface area contributed by atoms with Gasteiger partial charge in [0.2, 0.25) is 0 Å². The van der Waals surface area contributed by atoms with Crippen molar-refractivity contribution in [2.75, 3.05) is 7.05 Å². The predicted molar refractivity (Wildman–Crippen MR) is 101 cm³/mol. The van der Waals surface area contributed by atoms with Crippen LogP contribution in [0, 0.1) is 6.92 Å². The van der Waals surface area contributed by atoms with Gasteiger partial charge in [-0.1, -0.05) is 0 Å². The molecule has 2 aromatic heterocycles. The molecular weight excluding hydrogens is 405 g/mol. The first-order valence-electron chi connectivity index (χ1n) is 7.63. The van der Waals surface area contributed by atoms with Crippen molar-refractivity contribution >= 4 is 29.9 Å². The van der Waals surface area contributed by atoms with Crippen molar-refractivity contribution in [1.82, 2.24) is 30.0 Å². The second-order valence-electron chi connectivity index (χ2n) is 5.67. The van der Waals surface area contributed by atoms with Crippen LogP contribution in [-0.4, -0.2) is 38.4 Å². The molecule has 126 valence electrons. The highest BCUT2D eigenvalue weighted by Gasteiger charge is 2.21. The Kier molecular flexibility index (Phi) is 6.03. The van der Waals surface area contributed by atoms with Crippen molar-refractivity contribution in [3.63, 3.8) is 0 Å².